The zero-order valence-corrected chi connectivity index (χ0v) is 11.9. The molecule has 0 saturated carbocycles. The summed E-state index contributed by atoms with van der Waals surface area (Å²) in [4.78, 5) is 15.7. The predicted octanol–water partition coefficient (Wildman–Crippen LogP) is 3.21. The summed E-state index contributed by atoms with van der Waals surface area (Å²) in [6.07, 6.45) is 2.06. The number of aromatic nitrogens is 1. The van der Waals surface area contributed by atoms with E-state index in [1.807, 2.05) is 25.1 Å². The minimum absolute atomic E-state index is 0.0334. The Labute approximate surface area is 121 Å². The average Bonchev–Trinajstić information content (AvgIpc) is 2.79. The molecule has 1 aliphatic rings. The lowest BCUT2D eigenvalue weighted by Gasteiger charge is -2.12. The van der Waals surface area contributed by atoms with Gasteiger partial charge in [0.1, 0.15) is 0 Å². The third-order valence-electron chi connectivity index (χ3n) is 3.39. The van der Waals surface area contributed by atoms with Crippen LogP contribution in [0, 0.1) is 6.92 Å². The molecule has 0 atom stereocenters. The molecule has 1 amide bonds. The van der Waals surface area contributed by atoms with Gasteiger partial charge in [0.2, 0.25) is 11.8 Å². The second-order valence-corrected chi connectivity index (χ2v) is 5.14. The van der Waals surface area contributed by atoms with E-state index in [2.05, 4.69) is 10.3 Å². The molecular formula is C15H13ClN2O2. The van der Waals surface area contributed by atoms with Crippen LogP contribution in [0.2, 0.25) is 5.02 Å². The summed E-state index contributed by atoms with van der Waals surface area (Å²) in [7, 11) is 1.59. The van der Waals surface area contributed by atoms with Crippen molar-refractivity contribution in [2.24, 2.45) is 0 Å². The Hall–Kier alpha value is -2.07. The van der Waals surface area contributed by atoms with Crippen molar-refractivity contribution in [3.05, 3.63) is 40.5 Å². The lowest BCUT2D eigenvalue weighted by Crippen LogP contribution is -2.03. The minimum Gasteiger partial charge on any atom is -0.481 e. The van der Waals surface area contributed by atoms with E-state index >= 15 is 0 Å². The number of fused-ring (bicyclic) bond motifs is 1. The number of anilines is 1. The van der Waals surface area contributed by atoms with E-state index in [0.717, 1.165) is 22.3 Å². The van der Waals surface area contributed by atoms with Crippen molar-refractivity contribution in [3.8, 4) is 17.0 Å². The zero-order valence-electron chi connectivity index (χ0n) is 11.2. The number of rotatable bonds is 2. The second-order valence-electron chi connectivity index (χ2n) is 4.73. The highest BCUT2D eigenvalue weighted by Gasteiger charge is 2.22. The Morgan fingerprint density at radius 3 is 2.95 bits per heavy atom. The highest BCUT2D eigenvalue weighted by Crippen LogP contribution is 2.39. The van der Waals surface area contributed by atoms with Gasteiger partial charge in [-0.05, 0) is 41.8 Å². The van der Waals surface area contributed by atoms with Gasteiger partial charge < -0.3 is 10.1 Å². The number of hydrogen-bond donors (Lipinski definition) is 1. The topological polar surface area (TPSA) is 51.2 Å². The van der Waals surface area contributed by atoms with E-state index in [-0.39, 0.29) is 5.91 Å². The van der Waals surface area contributed by atoms with E-state index in [0.29, 0.717) is 23.0 Å². The third kappa shape index (κ3) is 2.02. The summed E-state index contributed by atoms with van der Waals surface area (Å²) in [5, 5.41) is 3.31. The number of nitrogens with zero attached hydrogens (tertiary/aromatic N) is 1. The molecule has 102 valence electrons. The fourth-order valence-corrected chi connectivity index (χ4v) is 2.77. The van der Waals surface area contributed by atoms with Gasteiger partial charge in [0, 0.05) is 11.8 Å². The smallest absolute Gasteiger partial charge is 0.228 e. The third-order valence-corrected chi connectivity index (χ3v) is 3.69. The minimum atomic E-state index is -0.0334. The Morgan fingerprint density at radius 2 is 2.20 bits per heavy atom. The number of amides is 1. The quantitative estimate of drug-likeness (QED) is 0.923. The first-order valence-corrected chi connectivity index (χ1v) is 6.60. The molecule has 1 aromatic carbocycles. The van der Waals surface area contributed by atoms with Crippen molar-refractivity contribution in [2.75, 3.05) is 12.4 Å². The molecule has 1 aliphatic heterocycles. The maximum Gasteiger partial charge on any atom is 0.228 e. The Bertz CT molecular complexity index is 713. The van der Waals surface area contributed by atoms with Crippen LogP contribution < -0.4 is 10.1 Å². The van der Waals surface area contributed by atoms with Gasteiger partial charge in [-0.25, -0.2) is 4.98 Å². The van der Waals surface area contributed by atoms with Gasteiger partial charge in [0.05, 0.1) is 24.2 Å². The van der Waals surface area contributed by atoms with Crippen molar-refractivity contribution in [3.63, 3.8) is 0 Å². The molecule has 1 aromatic heterocycles. The van der Waals surface area contributed by atoms with E-state index in [1.165, 1.54) is 0 Å². The maximum atomic E-state index is 11.5. The van der Waals surface area contributed by atoms with Crippen LogP contribution in [0.4, 0.5) is 5.69 Å². The highest BCUT2D eigenvalue weighted by atomic mass is 35.5. The van der Waals surface area contributed by atoms with E-state index in [4.69, 9.17) is 16.3 Å². The Balaban J connectivity index is 2.20. The summed E-state index contributed by atoms with van der Waals surface area (Å²) in [6.45, 7) is 1.99. The number of benzene rings is 1. The van der Waals surface area contributed by atoms with E-state index in [9.17, 15) is 4.79 Å². The summed E-state index contributed by atoms with van der Waals surface area (Å²) >= 11 is 6.26. The van der Waals surface area contributed by atoms with Gasteiger partial charge in [0.15, 0.2) is 0 Å². The number of aryl methyl sites for hydroxylation is 1. The number of pyridine rings is 1. The molecular weight excluding hydrogens is 276 g/mol. The standard InChI is InChI=1S/C15H13ClN2O2/c1-8-3-4-17-15(20-2)13(8)9-5-10-7-12(19)18-14(10)11(16)6-9/h3-6H,7H2,1-2H3,(H,18,19). The number of carbonyl (C=O) groups is 1. The molecule has 4 nitrogen and oxygen atoms in total. The first kappa shape index (κ1) is 12.9. The molecule has 3 rings (SSSR count). The monoisotopic (exact) mass is 288 g/mol. The number of halogens is 1. The molecule has 0 unspecified atom stereocenters. The number of ether oxygens (including phenoxy) is 1. The van der Waals surface area contributed by atoms with Crippen LogP contribution in [0.1, 0.15) is 11.1 Å². The van der Waals surface area contributed by atoms with Crippen molar-refractivity contribution < 1.29 is 9.53 Å². The summed E-state index contributed by atoms with van der Waals surface area (Å²) in [6, 6.07) is 5.71. The highest BCUT2D eigenvalue weighted by molar-refractivity contribution is 6.34. The molecule has 20 heavy (non-hydrogen) atoms. The van der Waals surface area contributed by atoms with Crippen LogP contribution in [0.3, 0.4) is 0 Å². The SMILES string of the molecule is COc1nccc(C)c1-c1cc(Cl)c2c(c1)CC(=O)N2. The number of methoxy groups -OCH3 is 1. The first-order valence-electron chi connectivity index (χ1n) is 6.22. The van der Waals surface area contributed by atoms with E-state index < -0.39 is 0 Å². The molecule has 0 fully saturated rings. The molecule has 0 radical (unpaired) electrons. The first-order chi connectivity index (χ1) is 9.60. The van der Waals surface area contributed by atoms with Crippen LogP contribution >= 0.6 is 11.6 Å². The van der Waals surface area contributed by atoms with E-state index in [1.54, 1.807) is 13.3 Å². The van der Waals surface area contributed by atoms with Gasteiger partial charge in [-0.3, -0.25) is 4.79 Å². The molecule has 0 saturated heterocycles. The lowest BCUT2D eigenvalue weighted by atomic mass is 9.99. The summed E-state index contributed by atoms with van der Waals surface area (Å²) < 4.78 is 5.32. The largest absolute Gasteiger partial charge is 0.481 e. The molecule has 0 bridgehead atoms. The van der Waals surface area contributed by atoms with Crippen molar-refractivity contribution in [1.82, 2.24) is 4.98 Å². The normalized spacial score (nSPS) is 13.1. The van der Waals surface area contributed by atoms with Gasteiger partial charge in [-0.15, -0.1) is 0 Å². The Kier molecular flexibility index (Phi) is 3.10. The summed E-state index contributed by atoms with van der Waals surface area (Å²) in [5.41, 5.74) is 4.47. The molecule has 0 spiro atoms. The number of nitrogens with one attached hydrogen (secondary N) is 1. The lowest BCUT2D eigenvalue weighted by molar-refractivity contribution is -0.115. The number of hydrogen-bond acceptors (Lipinski definition) is 3. The van der Waals surface area contributed by atoms with Gasteiger partial charge in [0.25, 0.3) is 0 Å². The van der Waals surface area contributed by atoms with Crippen molar-refractivity contribution in [1.29, 1.82) is 0 Å². The average molecular weight is 289 g/mol. The van der Waals surface area contributed by atoms with Gasteiger partial charge in [-0.1, -0.05) is 11.6 Å². The molecule has 2 aromatic rings. The molecule has 5 heteroatoms. The van der Waals surface area contributed by atoms with Crippen LogP contribution in [-0.2, 0) is 11.2 Å². The predicted molar refractivity (Wildman–Crippen MR) is 78.3 cm³/mol. The maximum absolute atomic E-state index is 11.5. The number of carbonyl (C=O) groups excluding carboxylic acids is 1. The molecule has 2 heterocycles. The molecule has 0 aliphatic carbocycles. The van der Waals surface area contributed by atoms with Crippen LogP contribution in [0.25, 0.3) is 11.1 Å². The van der Waals surface area contributed by atoms with Crippen molar-refractivity contribution >= 4 is 23.2 Å². The van der Waals surface area contributed by atoms with Crippen molar-refractivity contribution in [2.45, 2.75) is 13.3 Å². The van der Waals surface area contributed by atoms with Crippen LogP contribution in [-0.4, -0.2) is 18.0 Å². The van der Waals surface area contributed by atoms with Crippen LogP contribution in [0.5, 0.6) is 5.88 Å². The van der Waals surface area contributed by atoms with Gasteiger partial charge >= 0.3 is 0 Å². The van der Waals surface area contributed by atoms with Gasteiger partial charge in [-0.2, -0.15) is 0 Å². The fraction of sp³-hybridized carbons (Fsp3) is 0.200. The Morgan fingerprint density at radius 1 is 1.40 bits per heavy atom. The van der Waals surface area contributed by atoms with Crippen LogP contribution in [0.15, 0.2) is 24.4 Å². The zero-order chi connectivity index (χ0) is 14.3. The second kappa shape index (κ2) is 4.80. The summed E-state index contributed by atoms with van der Waals surface area (Å²) in [5.74, 6) is 0.521. The fourth-order valence-electron chi connectivity index (χ4n) is 2.48. The molecule has 1 N–H and O–H groups in total.